The summed E-state index contributed by atoms with van der Waals surface area (Å²) in [6.45, 7) is 1.74. The highest BCUT2D eigenvalue weighted by Gasteiger charge is 2.24. The number of rotatable bonds is 7. The first-order chi connectivity index (χ1) is 15.4. The van der Waals surface area contributed by atoms with Gasteiger partial charge in [0.1, 0.15) is 12.4 Å². The summed E-state index contributed by atoms with van der Waals surface area (Å²) in [6.07, 6.45) is 1.52. The SMILES string of the molecule is CCCc1nn2c(=O)n(CC(=O)Nc3ccc(F)cc3)c3cc(OC)c(OC)cc3c2[nH+]1. The Morgan fingerprint density at radius 1 is 1.16 bits per heavy atom. The van der Waals surface area contributed by atoms with Gasteiger partial charge in [0.15, 0.2) is 11.5 Å². The molecule has 0 unspecified atom stereocenters. The average Bonchev–Trinajstić information content (AvgIpc) is 3.22. The number of hydrogen-bond donors (Lipinski definition) is 1. The number of fused-ring (bicyclic) bond motifs is 3. The van der Waals surface area contributed by atoms with Gasteiger partial charge in [0.05, 0.1) is 30.2 Å². The molecule has 0 saturated heterocycles. The van der Waals surface area contributed by atoms with Gasteiger partial charge in [-0.05, 0) is 35.2 Å². The van der Waals surface area contributed by atoms with Gasteiger partial charge in [-0.1, -0.05) is 6.92 Å². The van der Waals surface area contributed by atoms with Crippen LogP contribution in [0.1, 0.15) is 19.2 Å². The zero-order chi connectivity index (χ0) is 22.8. The number of halogens is 1. The molecule has 32 heavy (non-hydrogen) atoms. The fraction of sp³-hybridized carbons (Fsp3) is 0.273. The quantitative estimate of drug-likeness (QED) is 0.475. The molecule has 2 N–H and O–H groups in total. The van der Waals surface area contributed by atoms with Crippen LogP contribution in [-0.4, -0.2) is 34.3 Å². The Kier molecular flexibility index (Phi) is 5.76. The molecule has 0 aliphatic rings. The van der Waals surface area contributed by atoms with Crippen LogP contribution in [0, 0.1) is 5.82 Å². The van der Waals surface area contributed by atoms with Crippen molar-refractivity contribution in [2.75, 3.05) is 19.5 Å². The van der Waals surface area contributed by atoms with Crippen LogP contribution in [0.2, 0.25) is 0 Å². The fourth-order valence-electron chi connectivity index (χ4n) is 3.58. The monoisotopic (exact) mass is 440 g/mol. The lowest BCUT2D eigenvalue weighted by atomic mass is 10.2. The molecule has 4 rings (SSSR count). The van der Waals surface area contributed by atoms with Crippen molar-refractivity contribution >= 4 is 28.1 Å². The molecule has 1 amide bonds. The normalized spacial score (nSPS) is 11.1. The van der Waals surface area contributed by atoms with Gasteiger partial charge in [0, 0.05) is 24.2 Å². The molecule has 166 valence electrons. The zero-order valence-electron chi connectivity index (χ0n) is 17.9. The Labute approximate surface area is 182 Å². The number of H-pyrrole nitrogens is 1. The zero-order valence-corrected chi connectivity index (χ0v) is 17.9. The van der Waals surface area contributed by atoms with Gasteiger partial charge in [0.2, 0.25) is 5.91 Å². The first-order valence-electron chi connectivity index (χ1n) is 10.1. The summed E-state index contributed by atoms with van der Waals surface area (Å²) in [5, 5.41) is 7.71. The van der Waals surface area contributed by atoms with Crippen molar-refractivity contribution < 1.29 is 23.6 Å². The lowest BCUT2D eigenvalue weighted by Crippen LogP contribution is -2.33. The van der Waals surface area contributed by atoms with E-state index in [2.05, 4.69) is 15.4 Å². The van der Waals surface area contributed by atoms with Gasteiger partial charge in [-0.25, -0.2) is 14.2 Å². The highest BCUT2D eigenvalue weighted by molar-refractivity contribution is 5.95. The Hall–Kier alpha value is -3.95. The molecule has 2 heterocycles. The second-order valence-corrected chi connectivity index (χ2v) is 7.23. The van der Waals surface area contributed by atoms with E-state index in [1.54, 1.807) is 12.1 Å². The van der Waals surface area contributed by atoms with E-state index in [1.807, 2.05) is 6.92 Å². The van der Waals surface area contributed by atoms with Crippen molar-refractivity contribution in [2.24, 2.45) is 0 Å². The topological polar surface area (TPSA) is 101 Å². The number of hydrogen-bond acceptors (Lipinski definition) is 5. The van der Waals surface area contributed by atoms with E-state index in [9.17, 15) is 14.0 Å². The van der Waals surface area contributed by atoms with Crippen LogP contribution in [0.3, 0.4) is 0 Å². The number of nitrogens with one attached hydrogen (secondary N) is 2. The maximum Gasteiger partial charge on any atom is 0.424 e. The highest BCUT2D eigenvalue weighted by Crippen LogP contribution is 2.32. The molecule has 0 aliphatic carbocycles. The lowest BCUT2D eigenvalue weighted by molar-refractivity contribution is -0.358. The van der Waals surface area contributed by atoms with Gasteiger partial charge in [-0.3, -0.25) is 9.36 Å². The summed E-state index contributed by atoms with van der Waals surface area (Å²) in [6, 6.07) is 8.78. The molecule has 2 aromatic carbocycles. The lowest BCUT2D eigenvalue weighted by Gasteiger charge is -2.13. The number of ether oxygens (including phenoxy) is 2. The Morgan fingerprint density at radius 3 is 2.50 bits per heavy atom. The average molecular weight is 440 g/mol. The van der Waals surface area contributed by atoms with Gasteiger partial charge < -0.3 is 14.8 Å². The smallest absolute Gasteiger partial charge is 0.424 e. The number of anilines is 1. The summed E-state index contributed by atoms with van der Waals surface area (Å²) in [5.41, 5.74) is 0.928. The van der Waals surface area contributed by atoms with Crippen LogP contribution in [-0.2, 0) is 17.8 Å². The van der Waals surface area contributed by atoms with Crippen LogP contribution >= 0.6 is 0 Å². The number of carbonyl (C=O) groups is 1. The molecule has 0 spiro atoms. The summed E-state index contributed by atoms with van der Waals surface area (Å²) in [7, 11) is 3.02. The van der Waals surface area contributed by atoms with Crippen molar-refractivity contribution in [3.8, 4) is 11.5 Å². The maximum atomic E-state index is 13.3. The van der Waals surface area contributed by atoms with Crippen LogP contribution in [0.5, 0.6) is 11.5 Å². The van der Waals surface area contributed by atoms with E-state index in [-0.39, 0.29) is 6.54 Å². The molecule has 0 aliphatic heterocycles. The number of aromatic nitrogens is 4. The second-order valence-electron chi connectivity index (χ2n) is 7.23. The standard InChI is InChI=1S/C22H22FN5O4/c1-4-5-19-25-21-15-10-17(31-2)18(32-3)11-16(15)27(22(30)28(21)26-19)12-20(29)24-14-8-6-13(23)7-9-14/h6-11H,4-5,12H2,1-3H3,(H,24,29)/p+1. The largest absolute Gasteiger partial charge is 0.493 e. The van der Waals surface area contributed by atoms with Crippen molar-refractivity contribution in [3.05, 3.63) is 58.5 Å². The number of methoxy groups -OCH3 is 2. The first kappa shape index (κ1) is 21.3. The molecule has 0 bridgehead atoms. The van der Waals surface area contributed by atoms with Gasteiger partial charge >= 0.3 is 5.69 Å². The number of amides is 1. The number of aryl methyl sites for hydroxylation is 1. The van der Waals surface area contributed by atoms with E-state index in [1.165, 1.54) is 47.6 Å². The van der Waals surface area contributed by atoms with Gasteiger partial charge in [-0.15, -0.1) is 0 Å². The number of carbonyl (C=O) groups excluding carboxylic acids is 1. The molecule has 9 nitrogen and oxygen atoms in total. The van der Waals surface area contributed by atoms with Crippen LogP contribution in [0.4, 0.5) is 10.1 Å². The molecule has 4 aromatic rings. The highest BCUT2D eigenvalue weighted by atomic mass is 19.1. The Balaban J connectivity index is 1.86. The third-order valence-corrected chi connectivity index (χ3v) is 5.07. The van der Waals surface area contributed by atoms with E-state index in [0.29, 0.717) is 46.0 Å². The van der Waals surface area contributed by atoms with E-state index < -0.39 is 17.4 Å². The summed E-state index contributed by atoms with van der Waals surface area (Å²) >= 11 is 0. The molecule has 2 aromatic heterocycles. The van der Waals surface area contributed by atoms with Crippen LogP contribution in [0.25, 0.3) is 16.6 Å². The van der Waals surface area contributed by atoms with Crippen LogP contribution < -0.4 is 25.5 Å². The summed E-state index contributed by atoms with van der Waals surface area (Å²) in [5.74, 6) is 0.710. The minimum atomic E-state index is -0.479. The van der Waals surface area contributed by atoms with Crippen molar-refractivity contribution in [1.82, 2.24) is 14.2 Å². The number of aromatic amines is 1. The molecule has 0 fully saturated rings. The Bertz CT molecular complexity index is 1360. The Morgan fingerprint density at radius 2 is 1.84 bits per heavy atom. The van der Waals surface area contributed by atoms with E-state index >= 15 is 0 Å². The number of nitrogens with zero attached hydrogens (tertiary/aromatic N) is 3. The predicted molar refractivity (Wildman–Crippen MR) is 116 cm³/mol. The molecular weight excluding hydrogens is 417 g/mol. The molecule has 10 heteroatoms. The summed E-state index contributed by atoms with van der Waals surface area (Å²) < 4.78 is 26.5. The summed E-state index contributed by atoms with van der Waals surface area (Å²) in [4.78, 5) is 29.2. The van der Waals surface area contributed by atoms with E-state index in [0.717, 1.165) is 6.42 Å². The van der Waals surface area contributed by atoms with Gasteiger partial charge in [-0.2, -0.15) is 0 Å². The van der Waals surface area contributed by atoms with Crippen molar-refractivity contribution in [2.45, 2.75) is 26.3 Å². The van der Waals surface area contributed by atoms with Crippen molar-refractivity contribution in [1.29, 1.82) is 0 Å². The molecule has 0 saturated carbocycles. The minimum Gasteiger partial charge on any atom is -0.493 e. The first-order valence-corrected chi connectivity index (χ1v) is 10.1. The molecule has 0 radical (unpaired) electrons. The number of benzene rings is 2. The van der Waals surface area contributed by atoms with Crippen LogP contribution in [0.15, 0.2) is 41.2 Å². The second kappa shape index (κ2) is 8.66. The maximum absolute atomic E-state index is 13.3. The third-order valence-electron chi connectivity index (χ3n) is 5.07. The predicted octanol–water partition coefficient (Wildman–Crippen LogP) is 2.21. The minimum absolute atomic E-state index is 0.277. The fourth-order valence-corrected chi connectivity index (χ4v) is 3.58. The van der Waals surface area contributed by atoms with Crippen molar-refractivity contribution in [3.63, 3.8) is 0 Å². The molecular formula is C22H23FN5O4+. The van der Waals surface area contributed by atoms with E-state index in [4.69, 9.17) is 9.47 Å². The molecule has 0 atom stereocenters. The third kappa shape index (κ3) is 3.86. The van der Waals surface area contributed by atoms with Gasteiger partial charge in [0.25, 0.3) is 11.5 Å².